The minimum absolute atomic E-state index is 0.131. The molecule has 0 radical (unpaired) electrons. The van der Waals surface area contributed by atoms with Gasteiger partial charge < -0.3 is 16.4 Å². The van der Waals surface area contributed by atoms with Crippen molar-refractivity contribution < 1.29 is 9.59 Å². The first-order chi connectivity index (χ1) is 8.70. The molecule has 0 bridgehead atoms. The van der Waals surface area contributed by atoms with Gasteiger partial charge in [0.05, 0.1) is 0 Å². The Morgan fingerprint density at radius 3 is 3.00 bits per heavy atom. The summed E-state index contributed by atoms with van der Waals surface area (Å²) in [6.45, 7) is 1.06. The third-order valence-corrected chi connectivity index (χ3v) is 2.88. The molecule has 4 N–H and O–H groups in total. The number of piperidine rings is 1. The van der Waals surface area contributed by atoms with E-state index < -0.39 is 6.04 Å². The Hall–Kier alpha value is -1.95. The average molecular weight is 248 g/mol. The van der Waals surface area contributed by atoms with Crippen LogP contribution < -0.4 is 16.4 Å². The summed E-state index contributed by atoms with van der Waals surface area (Å²) in [6.07, 6.45) is 3.10. The lowest BCUT2D eigenvalue weighted by molar-refractivity contribution is -0.124. The van der Waals surface area contributed by atoms with Crippen LogP contribution in [0.15, 0.2) is 18.3 Å². The number of nitrogens with zero attached hydrogens (tertiary/aromatic N) is 1. The Morgan fingerprint density at radius 1 is 1.56 bits per heavy atom. The van der Waals surface area contributed by atoms with Gasteiger partial charge in [-0.15, -0.1) is 0 Å². The number of hydrogen-bond donors (Lipinski definition) is 3. The Bertz CT molecular complexity index is 444. The molecule has 96 valence electrons. The number of nitrogens with two attached hydrogens (primary N) is 1. The first-order valence-corrected chi connectivity index (χ1v) is 5.94. The molecular weight excluding hydrogens is 232 g/mol. The van der Waals surface area contributed by atoms with Crippen molar-refractivity contribution in [1.82, 2.24) is 15.6 Å². The fourth-order valence-corrected chi connectivity index (χ4v) is 1.82. The molecule has 1 aromatic rings. The zero-order chi connectivity index (χ0) is 13.0. The third kappa shape index (κ3) is 2.84. The van der Waals surface area contributed by atoms with Crippen LogP contribution in [0.4, 0.5) is 0 Å². The maximum absolute atomic E-state index is 11.9. The molecule has 2 rings (SSSR count). The zero-order valence-corrected chi connectivity index (χ0v) is 9.98. The topological polar surface area (TPSA) is 97.1 Å². The van der Waals surface area contributed by atoms with E-state index in [9.17, 15) is 9.59 Å². The number of carbonyl (C=O) groups is 2. The van der Waals surface area contributed by atoms with Crippen molar-refractivity contribution >= 4 is 11.8 Å². The number of nitrogens with one attached hydrogen (secondary N) is 2. The van der Waals surface area contributed by atoms with Crippen molar-refractivity contribution in [1.29, 1.82) is 0 Å². The number of rotatable bonds is 3. The second-order valence-corrected chi connectivity index (χ2v) is 4.22. The van der Waals surface area contributed by atoms with Crippen LogP contribution in [0.5, 0.6) is 0 Å². The van der Waals surface area contributed by atoms with Gasteiger partial charge in [0.1, 0.15) is 11.7 Å². The van der Waals surface area contributed by atoms with Crippen LogP contribution in [0.1, 0.15) is 28.9 Å². The summed E-state index contributed by atoms with van der Waals surface area (Å²) in [5.74, 6) is -0.464. The highest BCUT2D eigenvalue weighted by molar-refractivity contribution is 5.96. The summed E-state index contributed by atoms with van der Waals surface area (Å²) < 4.78 is 0. The molecule has 0 aliphatic carbocycles. The number of carbonyl (C=O) groups excluding carboxylic acids is 2. The largest absolute Gasteiger partial charge is 0.354 e. The lowest BCUT2D eigenvalue weighted by atomic mass is 10.1. The smallest absolute Gasteiger partial charge is 0.270 e. The van der Waals surface area contributed by atoms with Gasteiger partial charge in [0.25, 0.3) is 5.91 Å². The Labute approximate surface area is 105 Å². The molecule has 1 atom stereocenters. The summed E-state index contributed by atoms with van der Waals surface area (Å²) >= 11 is 0. The van der Waals surface area contributed by atoms with E-state index in [2.05, 4.69) is 15.6 Å². The first kappa shape index (κ1) is 12.5. The molecular formula is C12H16N4O2. The van der Waals surface area contributed by atoms with Crippen molar-refractivity contribution in [3.05, 3.63) is 29.6 Å². The third-order valence-electron chi connectivity index (χ3n) is 2.88. The summed E-state index contributed by atoms with van der Waals surface area (Å²) in [5, 5.41) is 5.39. The Kier molecular flexibility index (Phi) is 3.88. The molecule has 0 saturated carbocycles. The van der Waals surface area contributed by atoms with Crippen molar-refractivity contribution in [3.63, 3.8) is 0 Å². The van der Waals surface area contributed by atoms with E-state index in [-0.39, 0.29) is 11.8 Å². The molecule has 6 nitrogen and oxygen atoms in total. The predicted octanol–water partition coefficient (Wildman–Crippen LogP) is -0.451. The van der Waals surface area contributed by atoms with E-state index in [0.29, 0.717) is 25.2 Å². The van der Waals surface area contributed by atoms with Crippen LogP contribution in [-0.2, 0) is 11.3 Å². The van der Waals surface area contributed by atoms with Gasteiger partial charge in [-0.3, -0.25) is 14.6 Å². The SMILES string of the molecule is NCc1ccc(C(=O)NC2CCCNC2=O)nc1. The fourth-order valence-electron chi connectivity index (χ4n) is 1.82. The van der Waals surface area contributed by atoms with E-state index in [4.69, 9.17) is 5.73 Å². The van der Waals surface area contributed by atoms with Crippen molar-refractivity contribution in [3.8, 4) is 0 Å². The van der Waals surface area contributed by atoms with Crippen molar-refractivity contribution in [2.45, 2.75) is 25.4 Å². The van der Waals surface area contributed by atoms with Gasteiger partial charge in [-0.2, -0.15) is 0 Å². The molecule has 1 aliphatic heterocycles. The molecule has 0 spiro atoms. The summed E-state index contributed by atoms with van der Waals surface area (Å²) in [5.41, 5.74) is 6.61. The maximum atomic E-state index is 11.9. The molecule has 1 aromatic heterocycles. The van der Waals surface area contributed by atoms with Gasteiger partial charge in [0.15, 0.2) is 0 Å². The van der Waals surface area contributed by atoms with Gasteiger partial charge in [0, 0.05) is 19.3 Å². The van der Waals surface area contributed by atoms with Crippen LogP contribution in [0.2, 0.25) is 0 Å². The zero-order valence-electron chi connectivity index (χ0n) is 9.98. The second-order valence-electron chi connectivity index (χ2n) is 4.22. The fraction of sp³-hybridized carbons (Fsp3) is 0.417. The van der Waals surface area contributed by atoms with Crippen molar-refractivity contribution in [2.24, 2.45) is 5.73 Å². The highest BCUT2D eigenvalue weighted by atomic mass is 16.2. The van der Waals surface area contributed by atoms with E-state index in [0.717, 1.165) is 12.0 Å². The molecule has 0 aromatic carbocycles. The number of amides is 2. The number of pyridine rings is 1. The van der Waals surface area contributed by atoms with E-state index in [1.54, 1.807) is 18.3 Å². The summed E-state index contributed by atoms with van der Waals surface area (Å²) in [6, 6.07) is 2.91. The molecule has 6 heteroatoms. The van der Waals surface area contributed by atoms with E-state index in [1.807, 2.05) is 0 Å². The van der Waals surface area contributed by atoms with Crippen molar-refractivity contribution in [2.75, 3.05) is 6.54 Å². The first-order valence-electron chi connectivity index (χ1n) is 5.94. The monoisotopic (exact) mass is 248 g/mol. The van der Waals surface area contributed by atoms with Gasteiger partial charge in [-0.05, 0) is 24.5 Å². The normalized spacial score (nSPS) is 19.2. The Morgan fingerprint density at radius 2 is 2.39 bits per heavy atom. The molecule has 18 heavy (non-hydrogen) atoms. The minimum Gasteiger partial charge on any atom is -0.354 e. The predicted molar refractivity (Wildman–Crippen MR) is 65.6 cm³/mol. The quantitative estimate of drug-likeness (QED) is 0.675. The Balaban J connectivity index is 2.00. The van der Waals surface area contributed by atoms with Gasteiger partial charge in [0.2, 0.25) is 5.91 Å². The molecule has 1 unspecified atom stereocenters. The average Bonchev–Trinajstić information content (AvgIpc) is 2.41. The van der Waals surface area contributed by atoms with Gasteiger partial charge in [-0.1, -0.05) is 6.07 Å². The molecule has 2 heterocycles. The minimum atomic E-state index is -0.456. The maximum Gasteiger partial charge on any atom is 0.270 e. The van der Waals surface area contributed by atoms with Crippen LogP contribution >= 0.6 is 0 Å². The van der Waals surface area contributed by atoms with Crippen LogP contribution in [0.3, 0.4) is 0 Å². The molecule has 1 aliphatic rings. The highest BCUT2D eigenvalue weighted by Gasteiger charge is 2.24. The van der Waals surface area contributed by atoms with Gasteiger partial charge >= 0.3 is 0 Å². The van der Waals surface area contributed by atoms with E-state index >= 15 is 0 Å². The van der Waals surface area contributed by atoms with Gasteiger partial charge in [-0.25, -0.2) is 0 Å². The standard InChI is InChI=1S/C12H16N4O2/c13-6-8-3-4-9(15-7-8)12(18)16-10-2-1-5-14-11(10)17/h3-4,7,10H,1-2,5-6,13H2,(H,14,17)(H,16,18). The van der Waals surface area contributed by atoms with Crippen LogP contribution in [-0.4, -0.2) is 29.4 Å². The lowest BCUT2D eigenvalue weighted by Gasteiger charge is -2.22. The summed E-state index contributed by atoms with van der Waals surface area (Å²) in [4.78, 5) is 27.4. The lowest BCUT2D eigenvalue weighted by Crippen LogP contribution is -2.50. The molecule has 1 fully saturated rings. The number of aromatic nitrogens is 1. The van der Waals surface area contributed by atoms with Crippen LogP contribution in [0, 0.1) is 0 Å². The molecule has 2 amide bonds. The number of hydrogen-bond acceptors (Lipinski definition) is 4. The van der Waals surface area contributed by atoms with E-state index in [1.165, 1.54) is 0 Å². The van der Waals surface area contributed by atoms with Crippen LogP contribution in [0.25, 0.3) is 0 Å². The second kappa shape index (κ2) is 5.59. The summed E-state index contributed by atoms with van der Waals surface area (Å²) in [7, 11) is 0. The molecule has 1 saturated heterocycles. The highest BCUT2D eigenvalue weighted by Crippen LogP contribution is 2.05.